The van der Waals surface area contributed by atoms with Gasteiger partial charge in [-0.25, -0.2) is 0 Å². The standard InChI is InChI=1S/C14H18OS/c1-14(8-7-12(15)11-14)9-10-16-13-5-3-2-4-6-13/h2-6H,7-11H2,1H3. The summed E-state index contributed by atoms with van der Waals surface area (Å²) in [6.07, 6.45) is 3.83. The van der Waals surface area contributed by atoms with Gasteiger partial charge in [-0.05, 0) is 36.1 Å². The molecular weight excluding hydrogens is 216 g/mol. The molecule has 16 heavy (non-hydrogen) atoms. The molecule has 1 aliphatic carbocycles. The highest BCUT2D eigenvalue weighted by Gasteiger charge is 2.33. The topological polar surface area (TPSA) is 17.1 Å². The van der Waals surface area contributed by atoms with Crippen molar-refractivity contribution >= 4 is 17.5 Å². The normalized spacial score (nSPS) is 24.9. The van der Waals surface area contributed by atoms with Crippen LogP contribution in [0.1, 0.15) is 32.6 Å². The van der Waals surface area contributed by atoms with Gasteiger partial charge in [0.2, 0.25) is 0 Å². The predicted molar refractivity (Wildman–Crippen MR) is 68.7 cm³/mol. The Balaban J connectivity index is 1.78. The van der Waals surface area contributed by atoms with E-state index in [4.69, 9.17) is 0 Å². The van der Waals surface area contributed by atoms with Crippen LogP contribution >= 0.6 is 11.8 Å². The quantitative estimate of drug-likeness (QED) is 0.734. The molecule has 0 bridgehead atoms. The third kappa shape index (κ3) is 3.11. The number of rotatable bonds is 4. The zero-order chi connectivity index (χ0) is 11.4. The first-order chi connectivity index (χ1) is 7.68. The number of hydrogen-bond acceptors (Lipinski definition) is 2. The van der Waals surface area contributed by atoms with Crippen LogP contribution in [0.3, 0.4) is 0 Å². The first kappa shape index (κ1) is 11.7. The summed E-state index contributed by atoms with van der Waals surface area (Å²) in [5.74, 6) is 1.57. The molecule has 2 rings (SSSR count). The molecule has 0 saturated heterocycles. The summed E-state index contributed by atoms with van der Waals surface area (Å²) in [6.45, 7) is 2.25. The Morgan fingerprint density at radius 3 is 2.69 bits per heavy atom. The second-order valence-corrected chi connectivity index (χ2v) is 6.11. The van der Waals surface area contributed by atoms with Gasteiger partial charge in [0.1, 0.15) is 5.78 Å². The van der Waals surface area contributed by atoms with E-state index >= 15 is 0 Å². The molecular formula is C14H18OS. The molecule has 0 amide bonds. The Morgan fingerprint density at radius 2 is 2.06 bits per heavy atom. The van der Waals surface area contributed by atoms with Gasteiger partial charge < -0.3 is 0 Å². The van der Waals surface area contributed by atoms with Gasteiger partial charge in [-0.3, -0.25) is 4.79 Å². The van der Waals surface area contributed by atoms with E-state index in [-0.39, 0.29) is 5.41 Å². The minimum Gasteiger partial charge on any atom is -0.300 e. The van der Waals surface area contributed by atoms with Gasteiger partial charge >= 0.3 is 0 Å². The van der Waals surface area contributed by atoms with E-state index in [0.717, 1.165) is 31.4 Å². The Labute approximate surface area is 102 Å². The molecule has 0 heterocycles. The molecule has 0 aromatic heterocycles. The SMILES string of the molecule is CC1(CCSc2ccccc2)CCC(=O)C1. The number of Topliss-reactive ketones (excluding diaryl/α,β-unsaturated/α-hetero) is 1. The van der Waals surface area contributed by atoms with E-state index < -0.39 is 0 Å². The maximum atomic E-state index is 11.3. The van der Waals surface area contributed by atoms with Crippen molar-refractivity contribution in [1.82, 2.24) is 0 Å². The van der Waals surface area contributed by atoms with Crippen molar-refractivity contribution in [2.24, 2.45) is 5.41 Å². The molecule has 1 aromatic rings. The zero-order valence-electron chi connectivity index (χ0n) is 9.74. The number of ketones is 1. The van der Waals surface area contributed by atoms with E-state index in [0.29, 0.717) is 5.78 Å². The molecule has 1 nitrogen and oxygen atoms in total. The number of carbonyl (C=O) groups is 1. The second kappa shape index (κ2) is 5.05. The molecule has 0 aliphatic heterocycles. The summed E-state index contributed by atoms with van der Waals surface area (Å²) in [5, 5.41) is 0. The molecule has 0 spiro atoms. The van der Waals surface area contributed by atoms with E-state index in [1.54, 1.807) is 0 Å². The molecule has 1 atom stereocenters. The molecule has 1 saturated carbocycles. The summed E-state index contributed by atoms with van der Waals surface area (Å²) >= 11 is 1.90. The van der Waals surface area contributed by atoms with Crippen LogP contribution in [0.2, 0.25) is 0 Å². The highest BCUT2D eigenvalue weighted by atomic mass is 32.2. The third-order valence-corrected chi connectivity index (χ3v) is 4.36. The fourth-order valence-electron chi connectivity index (χ4n) is 2.24. The second-order valence-electron chi connectivity index (χ2n) is 4.94. The molecule has 0 radical (unpaired) electrons. The first-order valence-corrected chi connectivity index (χ1v) is 6.86. The van der Waals surface area contributed by atoms with Gasteiger partial charge in [0.25, 0.3) is 0 Å². The van der Waals surface area contributed by atoms with Crippen LogP contribution in [0.25, 0.3) is 0 Å². The van der Waals surface area contributed by atoms with Crippen molar-refractivity contribution in [2.45, 2.75) is 37.5 Å². The van der Waals surface area contributed by atoms with Crippen LogP contribution in [-0.2, 0) is 4.79 Å². The Bertz CT molecular complexity index is 360. The highest BCUT2D eigenvalue weighted by molar-refractivity contribution is 7.99. The maximum Gasteiger partial charge on any atom is 0.133 e. The van der Waals surface area contributed by atoms with Crippen molar-refractivity contribution in [2.75, 3.05) is 5.75 Å². The number of hydrogen-bond donors (Lipinski definition) is 0. The van der Waals surface area contributed by atoms with Crippen LogP contribution in [-0.4, -0.2) is 11.5 Å². The lowest BCUT2D eigenvalue weighted by Crippen LogP contribution is -2.12. The molecule has 86 valence electrons. The minimum absolute atomic E-state index is 0.277. The Morgan fingerprint density at radius 1 is 1.31 bits per heavy atom. The molecule has 1 aromatic carbocycles. The molecule has 1 fully saturated rings. The minimum atomic E-state index is 0.277. The summed E-state index contributed by atoms with van der Waals surface area (Å²) in [7, 11) is 0. The van der Waals surface area contributed by atoms with Crippen LogP contribution in [0.5, 0.6) is 0 Å². The van der Waals surface area contributed by atoms with Crippen molar-refractivity contribution in [1.29, 1.82) is 0 Å². The van der Waals surface area contributed by atoms with Gasteiger partial charge in [0, 0.05) is 17.7 Å². The van der Waals surface area contributed by atoms with Crippen LogP contribution < -0.4 is 0 Å². The van der Waals surface area contributed by atoms with Crippen LogP contribution in [0.4, 0.5) is 0 Å². The molecule has 1 unspecified atom stereocenters. The average Bonchev–Trinajstić information content (AvgIpc) is 2.60. The first-order valence-electron chi connectivity index (χ1n) is 5.88. The third-order valence-electron chi connectivity index (χ3n) is 3.35. The monoisotopic (exact) mass is 234 g/mol. The fourth-order valence-corrected chi connectivity index (χ4v) is 3.42. The lowest BCUT2D eigenvalue weighted by molar-refractivity contribution is -0.117. The average molecular weight is 234 g/mol. The Hall–Kier alpha value is -0.760. The largest absolute Gasteiger partial charge is 0.300 e. The van der Waals surface area contributed by atoms with E-state index in [1.807, 2.05) is 17.8 Å². The predicted octanol–water partition coefficient (Wildman–Crippen LogP) is 3.93. The highest BCUT2D eigenvalue weighted by Crippen LogP contribution is 2.39. The molecule has 0 N–H and O–H groups in total. The van der Waals surface area contributed by atoms with Crippen molar-refractivity contribution < 1.29 is 4.79 Å². The smallest absolute Gasteiger partial charge is 0.133 e. The Kier molecular flexibility index (Phi) is 3.70. The van der Waals surface area contributed by atoms with Crippen LogP contribution in [0, 0.1) is 5.41 Å². The fraction of sp³-hybridized carbons (Fsp3) is 0.500. The summed E-state index contributed by atoms with van der Waals surface area (Å²) in [6, 6.07) is 10.5. The van der Waals surface area contributed by atoms with Gasteiger partial charge in [-0.1, -0.05) is 25.1 Å². The van der Waals surface area contributed by atoms with Crippen molar-refractivity contribution in [3.63, 3.8) is 0 Å². The van der Waals surface area contributed by atoms with Crippen molar-refractivity contribution in [3.05, 3.63) is 30.3 Å². The van der Waals surface area contributed by atoms with E-state index in [1.165, 1.54) is 4.90 Å². The van der Waals surface area contributed by atoms with Crippen molar-refractivity contribution in [3.8, 4) is 0 Å². The lowest BCUT2D eigenvalue weighted by atomic mass is 9.86. The molecule has 2 heteroatoms. The number of benzene rings is 1. The van der Waals surface area contributed by atoms with E-state index in [9.17, 15) is 4.79 Å². The maximum absolute atomic E-state index is 11.3. The summed E-state index contributed by atoms with van der Waals surface area (Å²) < 4.78 is 0. The van der Waals surface area contributed by atoms with Crippen LogP contribution in [0.15, 0.2) is 35.2 Å². The van der Waals surface area contributed by atoms with Gasteiger partial charge in [-0.2, -0.15) is 0 Å². The number of thioether (sulfide) groups is 1. The van der Waals surface area contributed by atoms with E-state index in [2.05, 4.69) is 31.2 Å². The zero-order valence-corrected chi connectivity index (χ0v) is 10.6. The van der Waals surface area contributed by atoms with Gasteiger partial charge in [0.05, 0.1) is 0 Å². The van der Waals surface area contributed by atoms with Gasteiger partial charge in [0.15, 0.2) is 0 Å². The lowest BCUT2D eigenvalue weighted by Gasteiger charge is -2.21. The summed E-state index contributed by atoms with van der Waals surface area (Å²) in [4.78, 5) is 12.6. The molecule has 1 aliphatic rings. The number of carbonyl (C=O) groups excluding carboxylic acids is 1. The van der Waals surface area contributed by atoms with Gasteiger partial charge in [-0.15, -0.1) is 11.8 Å². The summed E-state index contributed by atoms with van der Waals surface area (Å²) in [5.41, 5.74) is 0.277.